The van der Waals surface area contributed by atoms with Crippen molar-refractivity contribution in [2.75, 3.05) is 6.54 Å². The summed E-state index contributed by atoms with van der Waals surface area (Å²) in [5, 5.41) is 10.0. The molecular weight excluding hydrogens is 198 g/mol. The van der Waals surface area contributed by atoms with Crippen LogP contribution in [0.3, 0.4) is 0 Å². The van der Waals surface area contributed by atoms with Crippen LogP contribution in [0.25, 0.3) is 0 Å². The van der Waals surface area contributed by atoms with Crippen molar-refractivity contribution in [3.63, 3.8) is 0 Å². The molecule has 1 unspecified atom stereocenters. The molecule has 1 aromatic rings. The SMILES string of the molecule is NCC(O)CCCc1cccc(Cl)c1. The van der Waals surface area contributed by atoms with Crippen molar-refractivity contribution in [1.29, 1.82) is 0 Å². The van der Waals surface area contributed by atoms with Crippen molar-refractivity contribution in [1.82, 2.24) is 0 Å². The Kier molecular flexibility index (Phi) is 4.94. The molecule has 0 radical (unpaired) electrons. The van der Waals surface area contributed by atoms with E-state index in [1.54, 1.807) is 0 Å². The van der Waals surface area contributed by atoms with Crippen LogP contribution >= 0.6 is 11.6 Å². The fourth-order valence-electron chi connectivity index (χ4n) is 1.35. The van der Waals surface area contributed by atoms with E-state index in [-0.39, 0.29) is 6.10 Å². The molecular formula is C11H16ClNO. The first-order valence-corrected chi connectivity index (χ1v) is 5.22. The lowest BCUT2D eigenvalue weighted by molar-refractivity contribution is 0.170. The van der Waals surface area contributed by atoms with Crippen molar-refractivity contribution in [3.8, 4) is 0 Å². The molecule has 0 heterocycles. The van der Waals surface area contributed by atoms with Crippen molar-refractivity contribution < 1.29 is 5.11 Å². The van der Waals surface area contributed by atoms with Crippen molar-refractivity contribution >= 4 is 11.6 Å². The van der Waals surface area contributed by atoms with Gasteiger partial charge in [-0.25, -0.2) is 0 Å². The van der Waals surface area contributed by atoms with Crippen LogP contribution in [-0.2, 0) is 6.42 Å². The van der Waals surface area contributed by atoms with Crippen LogP contribution in [0.4, 0.5) is 0 Å². The summed E-state index contributed by atoms with van der Waals surface area (Å²) in [5.41, 5.74) is 6.51. The highest BCUT2D eigenvalue weighted by Crippen LogP contribution is 2.13. The maximum Gasteiger partial charge on any atom is 0.0662 e. The molecule has 1 atom stereocenters. The number of hydrogen-bond acceptors (Lipinski definition) is 2. The minimum absolute atomic E-state index is 0.343. The molecule has 0 aromatic heterocycles. The van der Waals surface area contributed by atoms with E-state index in [1.165, 1.54) is 5.56 Å². The number of nitrogens with two attached hydrogens (primary N) is 1. The first kappa shape index (κ1) is 11.5. The molecule has 3 heteroatoms. The fourth-order valence-corrected chi connectivity index (χ4v) is 1.57. The van der Waals surface area contributed by atoms with E-state index in [9.17, 15) is 5.11 Å². The van der Waals surface area contributed by atoms with E-state index in [0.29, 0.717) is 6.54 Å². The van der Waals surface area contributed by atoms with Gasteiger partial charge < -0.3 is 10.8 Å². The number of benzene rings is 1. The molecule has 0 spiro atoms. The summed E-state index contributed by atoms with van der Waals surface area (Å²) in [7, 11) is 0. The molecule has 0 aliphatic carbocycles. The predicted molar refractivity (Wildman–Crippen MR) is 59.5 cm³/mol. The van der Waals surface area contributed by atoms with E-state index >= 15 is 0 Å². The second-order valence-electron chi connectivity index (χ2n) is 3.41. The van der Waals surface area contributed by atoms with Gasteiger partial charge in [0.2, 0.25) is 0 Å². The van der Waals surface area contributed by atoms with Gasteiger partial charge in [-0.2, -0.15) is 0 Å². The standard InChI is InChI=1S/C11H16ClNO/c12-10-5-1-3-9(7-10)4-2-6-11(14)8-13/h1,3,5,7,11,14H,2,4,6,8,13H2. The number of aliphatic hydroxyl groups is 1. The quantitative estimate of drug-likeness (QED) is 0.786. The topological polar surface area (TPSA) is 46.2 Å². The Morgan fingerprint density at radius 1 is 1.43 bits per heavy atom. The van der Waals surface area contributed by atoms with Gasteiger partial charge in [-0.05, 0) is 37.0 Å². The van der Waals surface area contributed by atoms with Crippen molar-refractivity contribution in [3.05, 3.63) is 34.9 Å². The Balaban J connectivity index is 2.31. The molecule has 0 saturated carbocycles. The molecule has 1 rings (SSSR count). The Morgan fingerprint density at radius 2 is 2.21 bits per heavy atom. The number of hydrogen-bond donors (Lipinski definition) is 2. The van der Waals surface area contributed by atoms with Gasteiger partial charge in [0, 0.05) is 11.6 Å². The second-order valence-corrected chi connectivity index (χ2v) is 3.85. The normalized spacial score (nSPS) is 12.8. The summed E-state index contributed by atoms with van der Waals surface area (Å²) >= 11 is 5.84. The molecule has 0 bridgehead atoms. The van der Waals surface area contributed by atoms with Gasteiger partial charge in [-0.15, -0.1) is 0 Å². The summed E-state index contributed by atoms with van der Waals surface area (Å²) in [5.74, 6) is 0. The molecule has 0 aliphatic heterocycles. The zero-order chi connectivity index (χ0) is 10.4. The lowest BCUT2D eigenvalue weighted by atomic mass is 10.1. The van der Waals surface area contributed by atoms with Crippen LogP contribution in [-0.4, -0.2) is 17.8 Å². The largest absolute Gasteiger partial charge is 0.392 e. The van der Waals surface area contributed by atoms with Crippen LogP contribution in [0.5, 0.6) is 0 Å². The van der Waals surface area contributed by atoms with Gasteiger partial charge in [0.15, 0.2) is 0 Å². The van der Waals surface area contributed by atoms with Crippen molar-refractivity contribution in [2.45, 2.75) is 25.4 Å². The Morgan fingerprint density at radius 3 is 2.86 bits per heavy atom. The fraction of sp³-hybridized carbons (Fsp3) is 0.455. The summed E-state index contributed by atoms with van der Waals surface area (Å²) < 4.78 is 0. The molecule has 0 saturated heterocycles. The number of aryl methyl sites for hydroxylation is 1. The summed E-state index contributed by atoms with van der Waals surface area (Å²) in [4.78, 5) is 0. The molecule has 1 aromatic carbocycles. The third-order valence-electron chi connectivity index (χ3n) is 2.16. The zero-order valence-electron chi connectivity index (χ0n) is 8.12. The molecule has 0 fully saturated rings. The highest BCUT2D eigenvalue weighted by atomic mass is 35.5. The molecule has 2 nitrogen and oxygen atoms in total. The predicted octanol–water partition coefficient (Wildman–Crippen LogP) is 1.98. The number of rotatable bonds is 5. The zero-order valence-corrected chi connectivity index (χ0v) is 8.87. The summed E-state index contributed by atoms with van der Waals surface area (Å²) in [6.45, 7) is 0.343. The lowest BCUT2D eigenvalue weighted by Gasteiger charge is -2.06. The van der Waals surface area contributed by atoms with Crippen LogP contribution < -0.4 is 5.73 Å². The Bertz CT molecular complexity index is 278. The highest BCUT2D eigenvalue weighted by Gasteiger charge is 2.01. The third kappa shape index (κ3) is 4.09. The van der Waals surface area contributed by atoms with Gasteiger partial charge in [-0.1, -0.05) is 23.7 Å². The van der Waals surface area contributed by atoms with E-state index in [4.69, 9.17) is 17.3 Å². The van der Waals surface area contributed by atoms with Gasteiger partial charge in [0.05, 0.1) is 6.10 Å². The van der Waals surface area contributed by atoms with Gasteiger partial charge in [0.1, 0.15) is 0 Å². The monoisotopic (exact) mass is 213 g/mol. The van der Waals surface area contributed by atoms with Gasteiger partial charge in [-0.3, -0.25) is 0 Å². The van der Waals surface area contributed by atoms with E-state index in [2.05, 4.69) is 0 Å². The van der Waals surface area contributed by atoms with E-state index in [0.717, 1.165) is 24.3 Å². The number of halogens is 1. The Hall–Kier alpha value is -0.570. The van der Waals surface area contributed by atoms with Crippen LogP contribution in [0, 0.1) is 0 Å². The molecule has 14 heavy (non-hydrogen) atoms. The molecule has 0 amide bonds. The lowest BCUT2D eigenvalue weighted by Crippen LogP contribution is -2.19. The van der Waals surface area contributed by atoms with E-state index in [1.807, 2.05) is 24.3 Å². The average Bonchev–Trinajstić information content (AvgIpc) is 2.17. The third-order valence-corrected chi connectivity index (χ3v) is 2.40. The van der Waals surface area contributed by atoms with Gasteiger partial charge in [0.25, 0.3) is 0 Å². The van der Waals surface area contributed by atoms with Crippen LogP contribution in [0.2, 0.25) is 5.02 Å². The highest BCUT2D eigenvalue weighted by molar-refractivity contribution is 6.30. The first-order chi connectivity index (χ1) is 6.72. The molecule has 3 N–H and O–H groups in total. The maximum atomic E-state index is 9.24. The van der Waals surface area contributed by atoms with E-state index < -0.39 is 0 Å². The second kappa shape index (κ2) is 6.02. The number of aliphatic hydroxyl groups excluding tert-OH is 1. The maximum absolute atomic E-state index is 9.24. The minimum atomic E-state index is -0.366. The smallest absolute Gasteiger partial charge is 0.0662 e. The average molecular weight is 214 g/mol. The molecule has 78 valence electrons. The minimum Gasteiger partial charge on any atom is -0.392 e. The van der Waals surface area contributed by atoms with Crippen LogP contribution in [0.1, 0.15) is 18.4 Å². The van der Waals surface area contributed by atoms with Crippen molar-refractivity contribution in [2.24, 2.45) is 5.73 Å². The first-order valence-electron chi connectivity index (χ1n) is 4.85. The van der Waals surface area contributed by atoms with Crippen LogP contribution in [0.15, 0.2) is 24.3 Å². The summed E-state index contributed by atoms with van der Waals surface area (Å²) in [6, 6.07) is 7.80. The summed E-state index contributed by atoms with van der Waals surface area (Å²) in [6.07, 6.45) is 2.27. The van der Waals surface area contributed by atoms with Gasteiger partial charge >= 0.3 is 0 Å². The Labute approximate surface area is 89.7 Å². The molecule has 0 aliphatic rings.